The number of carbonyl (C=O) groups excluding carboxylic acids is 1. The highest BCUT2D eigenvalue weighted by atomic mass is 35.5. The number of allylic oxidation sites excluding steroid dienone is 1. The van der Waals surface area contributed by atoms with E-state index in [-0.39, 0.29) is 22.2 Å². The van der Waals surface area contributed by atoms with Crippen molar-refractivity contribution in [3.63, 3.8) is 0 Å². The molecule has 1 saturated carbocycles. The summed E-state index contributed by atoms with van der Waals surface area (Å²) in [4.78, 5) is 24.9. The van der Waals surface area contributed by atoms with Gasteiger partial charge in [-0.25, -0.2) is 5.01 Å². The van der Waals surface area contributed by atoms with Crippen molar-refractivity contribution in [3.8, 4) is 11.5 Å². The molecule has 0 bridgehead atoms. The summed E-state index contributed by atoms with van der Waals surface area (Å²) in [6, 6.07) is 19.1. The number of carbonyl (C=O) groups is 1. The van der Waals surface area contributed by atoms with Crippen molar-refractivity contribution in [2.24, 2.45) is 11.0 Å². The molecule has 3 aromatic carbocycles. The van der Waals surface area contributed by atoms with Gasteiger partial charge in [-0.3, -0.25) is 14.9 Å². The molecule has 0 N–H and O–H groups in total. The first-order valence-corrected chi connectivity index (χ1v) is 13.8. The minimum absolute atomic E-state index is 0.0398. The second-order valence-corrected chi connectivity index (χ2v) is 10.1. The number of hydrazone groups is 1. The van der Waals surface area contributed by atoms with E-state index in [9.17, 15) is 14.9 Å². The van der Waals surface area contributed by atoms with Gasteiger partial charge in [0, 0.05) is 18.1 Å². The Morgan fingerprint density at radius 2 is 1.70 bits per heavy atom. The summed E-state index contributed by atoms with van der Waals surface area (Å²) in [6.45, 7) is 5.03. The lowest BCUT2D eigenvalue weighted by molar-refractivity contribution is -0.384. The van der Waals surface area contributed by atoms with E-state index in [1.54, 1.807) is 0 Å². The van der Waals surface area contributed by atoms with Crippen molar-refractivity contribution in [3.05, 3.63) is 104 Å². The summed E-state index contributed by atoms with van der Waals surface area (Å²) in [6.07, 6.45) is 4.74. The second-order valence-electron chi connectivity index (χ2n) is 9.67. The number of non-ortho nitro benzene ring substituents is 1. The Labute approximate surface area is 238 Å². The Kier molecular flexibility index (Phi) is 8.16. The minimum Gasteiger partial charge on any atom is -0.494 e. The molecule has 0 saturated heterocycles. The third kappa shape index (κ3) is 5.58. The topological polar surface area (TPSA) is 94.3 Å². The molecule has 2 aliphatic rings. The number of hydrogen-bond acceptors (Lipinski definition) is 6. The van der Waals surface area contributed by atoms with Gasteiger partial charge in [0.25, 0.3) is 11.6 Å². The molecule has 9 heteroatoms. The normalized spacial score (nSPS) is 19.2. The number of nitro benzene ring substituents is 1. The smallest absolute Gasteiger partial charge is 0.276 e. The lowest BCUT2D eigenvalue weighted by Gasteiger charge is -2.30. The highest BCUT2D eigenvalue weighted by molar-refractivity contribution is 6.34. The van der Waals surface area contributed by atoms with E-state index in [2.05, 4.69) is 6.08 Å². The number of nitro groups is 1. The van der Waals surface area contributed by atoms with Crippen LogP contribution in [0, 0.1) is 16.0 Å². The predicted molar refractivity (Wildman–Crippen MR) is 155 cm³/mol. The standard InChI is InChI=1S/C31H30ClN3O5/c1-3-39-24-13-8-20(9-14-24)18-22-6-5-7-26-29(22)33-34(30(26)21-10-15-25(16-11-21)40-4-2)31(36)27-19-23(35(37)38)12-17-28(27)32/h8-19,26,30H,3-7H2,1-2H3/b22-18-/t26-,30+/m1/s1. The summed E-state index contributed by atoms with van der Waals surface area (Å²) in [7, 11) is 0. The number of halogens is 1. The molecule has 3 aromatic rings. The van der Waals surface area contributed by atoms with E-state index in [0.717, 1.165) is 53.2 Å². The van der Waals surface area contributed by atoms with E-state index in [4.69, 9.17) is 26.2 Å². The van der Waals surface area contributed by atoms with Gasteiger partial charge in [-0.2, -0.15) is 5.10 Å². The summed E-state index contributed by atoms with van der Waals surface area (Å²) < 4.78 is 11.2. The quantitative estimate of drug-likeness (QED) is 0.210. The molecule has 40 heavy (non-hydrogen) atoms. The second kappa shape index (κ2) is 11.9. The highest BCUT2D eigenvalue weighted by Gasteiger charge is 2.44. The van der Waals surface area contributed by atoms with Crippen LogP contribution in [0.4, 0.5) is 5.69 Å². The van der Waals surface area contributed by atoms with E-state index in [1.165, 1.54) is 23.2 Å². The van der Waals surface area contributed by atoms with Crippen molar-refractivity contribution >= 4 is 35.0 Å². The average molecular weight is 560 g/mol. The van der Waals surface area contributed by atoms with Crippen molar-refractivity contribution in [2.45, 2.75) is 39.2 Å². The van der Waals surface area contributed by atoms with Crippen LogP contribution in [0.3, 0.4) is 0 Å². The van der Waals surface area contributed by atoms with Gasteiger partial charge in [-0.1, -0.05) is 35.9 Å². The Balaban J connectivity index is 1.56. The summed E-state index contributed by atoms with van der Waals surface area (Å²) in [5.74, 6) is 1.03. The average Bonchev–Trinajstić information content (AvgIpc) is 3.35. The monoisotopic (exact) mass is 559 g/mol. The fraction of sp³-hybridized carbons (Fsp3) is 0.290. The van der Waals surface area contributed by atoms with Gasteiger partial charge in [-0.15, -0.1) is 0 Å². The molecule has 5 rings (SSSR count). The first kappa shape index (κ1) is 27.4. The summed E-state index contributed by atoms with van der Waals surface area (Å²) in [5, 5.41) is 17.9. The van der Waals surface area contributed by atoms with Gasteiger partial charge in [0.2, 0.25) is 0 Å². The highest BCUT2D eigenvalue weighted by Crippen LogP contribution is 2.45. The lowest BCUT2D eigenvalue weighted by atomic mass is 9.77. The van der Waals surface area contributed by atoms with Crippen molar-refractivity contribution in [2.75, 3.05) is 13.2 Å². The molecule has 2 atom stereocenters. The minimum atomic E-state index is -0.537. The Morgan fingerprint density at radius 3 is 2.33 bits per heavy atom. The van der Waals surface area contributed by atoms with Crippen molar-refractivity contribution in [1.29, 1.82) is 0 Å². The largest absolute Gasteiger partial charge is 0.494 e. The first-order valence-electron chi connectivity index (χ1n) is 13.4. The number of rotatable bonds is 8. The van der Waals surface area contributed by atoms with Crippen LogP contribution in [0.5, 0.6) is 11.5 Å². The Morgan fingerprint density at radius 1 is 1.05 bits per heavy atom. The number of nitrogens with zero attached hydrogens (tertiary/aromatic N) is 3. The molecule has 1 amide bonds. The van der Waals surface area contributed by atoms with Crippen LogP contribution in [-0.2, 0) is 0 Å². The van der Waals surface area contributed by atoms with Gasteiger partial charge in [0.05, 0.1) is 40.5 Å². The molecular formula is C31H30ClN3O5. The van der Waals surface area contributed by atoms with Crippen LogP contribution >= 0.6 is 11.6 Å². The van der Waals surface area contributed by atoms with Crippen LogP contribution in [0.2, 0.25) is 5.02 Å². The molecule has 1 heterocycles. The first-order chi connectivity index (χ1) is 19.4. The molecule has 0 aromatic heterocycles. The van der Waals surface area contributed by atoms with Gasteiger partial charge in [0.15, 0.2) is 0 Å². The zero-order chi connectivity index (χ0) is 28.2. The van der Waals surface area contributed by atoms with Crippen LogP contribution in [0.1, 0.15) is 60.6 Å². The fourth-order valence-electron chi connectivity index (χ4n) is 5.37. The van der Waals surface area contributed by atoms with Gasteiger partial charge in [0.1, 0.15) is 11.5 Å². The van der Waals surface area contributed by atoms with Crippen LogP contribution in [-0.4, -0.2) is 34.8 Å². The Hall–Kier alpha value is -4.17. The van der Waals surface area contributed by atoms with Gasteiger partial charge >= 0.3 is 0 Å². The van der Waals surface area contributed by atoms with Crippen molar-refractivity contribution in [1.82, 2.24) is 5.01 Å². The number of ether oxygens (including phenoxy) is 2. The lowest BCUT2D eigenvalue weighted by Crippen LogP contribution is -2.32. The molecule has 1 aliphatic carbocycles. The maximum Gasteiger partial charge on any atom is 0.276 e. The van der Waals surface area contributed by atoms with E-state index in [0.29, 0.717) is 13.2 Å². The zero-order valence-electron chi connectivity index (χ0n) is 22.4. The third-order valence-electron chi connectivity index (χ3n) is 7.17. The maximum atomic E-state index is 14.0. The van der Waals surface area contributed by atoms with E-state index in [1.807, 2.05) is 62.4 Å². The van der Waals surface area contributed by atoms with Crippen molar-refractivity contribution < 1.29 is 19.2 Å². The van der Waals surface area contributed by atoms with Gasteiger partial charge < -0.3 is 9.47 Å². The number of fused-ring (bicyclic) bond motifs is 1. The maximum absolute atomic E-state index is 14.0. The number of hydrogen-bond donors (Lipinski definition) is 0. The van der Waals surface area contributed by atoms with Crippen LogP contribution in [0.15, 0.2) is 77.4 Å². The SMILES string of the molecule is CCOc1ccc(/C=C2/CCC[C@@H]3C2=NN(C(=O)c2cc([N+](=O)[O-])ccc2Cl)[C@H]3c2ccc(OCC)cc2)cc1. The fourth-order valence-corrected chi connectivity index (χ4v) is 5.57. The number of benzene rings is 3. The molecule has 0 spiro atoms. The third-order valence-corrected chi connectivity index (χ3v) is 7.50. The molecule has 8 nitrogen and oxygen atoms in total. The molecule has 1 aliphatic heterocycles. The summed E-state index contributed by atoms with van der Waals surface area (Å²) >= 11 is 6.39. The molecule has 206 valence electrons. The number of amides is 1. The van der Waals surface area contributed by atoms with Crippen LogP contribution in [0.25, 0.3) is 6.08 Å². The van der Waals surface area contributed by atoms with E-state index < -0.39 is 16.9 Å². The van der Waals surface area contributed by atoms with Gasteiger partial charge in [-0.05, 0) is 86.2 Å². The molecular weight excluding hydrogens is 530 g/mol. The predicted octanol–water partition coefficient (Wildman–Crippen LogP) is 7.48. The van der Waals surface area contributed by atoms with E-state index >= 15 is 0 Å². The molecule has 1 fully saturated rings. The molecule has 0 radical (unpaired) electrons. The Bertz CT molecular complexity index is 1470. The summed E-state index contributed by atoms with van der Waals surface area (Å²) in [5.41, 5.74) is 3.69. The van der Waals surface area contributed by atoms with Crippen LogP contribution < -0.4 is 9.47 Å². The zero-order valence-corrected chi connectivity index (χ0v) is 23.1. The molecule has 0 unspecified atom stereocenters.